The summed E-state index contributed by atoms with van der Waals surface area (Å²) in [6.07, 6.45) is 0. The lowest BCUT2D eigenvalue weighted by atomic mass is 10.3. The van der Waals surface area contributed by atoms with Crippen molar-refractivity contribution in [2.45, 2.75) is 0 Å². The van der Waals surface area contributed by atoms with Crippen LogP contribution in [0.3, 0.4) is 0 Å². The van der Waals surface area contributed by atoms with Gasteiger partial charge in [-0.3, -0.25) is 9.11 Å². The van der Waals surface area contributed by atoms with Gasteiger partial charge in [0.1, 0.15) is 5.75 Å². The second-order valence-electron chi connectivity index (χ2n) is 2.30. The van der Waals surface area contributed by atoms with Crippen LogP contribution in [0.15, 0.2) is 18.2 Å². The van der Waals surface area contributed by atoms with Crippen LogP contribution >= 0.6 is 0 Å². The van der Waals surface area contributed by atoms with Crippen LogP contribution in [0.25, 0.3) is 0 Å². The van der Waals surface area contributed by atoms with Gasteiger partial charge in [-0.05, 0) is 12.1 Å². The third kappa shape index (κ3) is 7.55. The summed E-state index contributed by atoms with van der Waals surface area (Å²) in [4.78, 5) is 0. The zero-order valence-corrected chi connectivity index (χ0v) is 8.47. The molecule has 0 aromatic heterocycles. The number of methoxy groups -OCH3 is 1. The maximum Gasteiger partial charge on any atom is 0.394 e. The highest BCUT2D eigenvalue weighted by atomic mass is 32.3. The van der Waals surface area contributed by atoms with Crippen LogP contribution in [-0.2, 0) is 10.4 Å². The number of phenols is 2. The molecule has 0 aliphatic rings. The molecule has 1 rings (SSSR count). The molecule has 0 fully saturated rings. The van der Waals surface area contributed by atoms with E-state index in [-0.39, 0.29) is 17.2 Å². The minimum absolute atomic E-state index is 0.0281. The second-order valence-corrected chi connectivity index (χ2v) is 3.20. The largest absolute Gasteiger partial charge is 0.508 e. The lowest BCUT2D eigenvalue weighted by Crippen LogP contribution is -1.89. The average molecular weight is 238 g/mol. The van der Waals surface area contributed by atoms with E-state index in [0.717, 1.165) is 0 Å². The molecular weight excluding hydrogens is 228 g/mol. The molecule has 0 atom stereocenters. The van der Waals surface area contributed by atoms with E-state index < -0.39 is 10.4 Å². The summed E-state index contributed by atoms with van der Waals surface area (Å²) in [5.41, 5.74) is 0. The molecule has 8 heteroatoms. The third-order valence-electron chi connectivity index (χ3n) is 1.16. The number of rotatable bonds is 1. The van der Waals surface area contributed by atoms with Crippen molar-refractivity contribution < 1.29 is 32.5 Å². The van der Waals surface area contributed by atoms with Crippen molar-refractivity contribution in [1.82, 2.24) is 0 Å². The topological polar surface area (TPSA) is 124 Å². The molecule has 0 bridgehead atoms. The molecular formula is C7H10O7S. The van der Waals surface area contributed by atoms with E-state index in [4.69, 9.17) is 32.5 Å². The molecule has 0 amide bonds. The molecule has 0 aliphatic heterocycles. The van der Waals surface area contributed by atoms with Crippen molar-refractivity contribution in [3.63, 3.8) is 0 Å². The SMILES string of the molecule is COc1cc(O)ccc1O.O=S(=O)(O)O. The molecule has 0 aliphatic carbocycles. The van der Waals surface area contributed by atoms with Crippen molar-refractivity contribution in [2.24, 2.45) is 0 Å². The Bertz CT molecular complexity index is 403. The Hall–Kier alpha value is -1.51. The van der Waals surface area contributed by atoms with Gasteiger partial charge in [0.05, 0.1) is 7.11 Å². The molecule has 0 heterocycles. The summed E-state index contributed by atoms with van der Waals surface area (Å²) < 4.78 is 36.3. The van der Waals surface area contributed by atoms with Crippen molar-refractivity contribution in [1.29, 1.82) is 0 Å². The van der Waals surface area contributed by atoms with Crippen LogP contribution in [0.5, 0.6) is 17.2 Å². The summed E-state index contributed by atoms with van der Waals surface area (Å²) in [6, 6.07) is 4.10. The fraction of sp³-hybridized carbons (Fsp3) is 0.143. The summed E-state index contributed by atoms with van der Waals surface area (Å²) in [5, 5.41) is 17.9. The molecule has 7 nitrogen and oxygen atoms in total. The van der Waals surface area contributed by atoms with Crippen molar-refractivity contribution >= 4 is 10.4 Å². The molecule has 0 saturated heterocycles. The van der Waals surface area contributed by atoms with Crippen molar-refractivity contribution in [2.75, 3.05) is 7.11 Å². The maximum atomic E-state index is 9.00. The number of benzene rings is 1. The van der Waals surface area contributed by atoms with Gasteiger partial charge in [0, 0.05) is 6.07 Å². The van der Waals surface area contributed by atoms with Gasteiger partial charge in [-0.1, -0.05) is 0 Å². The van der Waals surface area contributed by atoms with Gasteiger partial charge < -0.3 is 14.9 Å². The van der Waals surface area contributed by atoms with E-state index in [9.17, 15) is 0 Å². The molecule has 0 unspecified atom stereocenters. The number of phenolic OH excluding ortho intramolecular Hbond substituents is 2. The van der Waals surface area contributed by atoms with Gasteiger partial charge in [-0.15, -0.1) is 0 Å². The standard InChI is InChI=1S/C7H8O3.H2O4S/c1-10-7-4-5(8)2-3-6(7)9;1-5(2,3)4/h2-4,8-9H,1H3;(H2,1,2,3,4). The Kier molecular flexibility index (Phi) is 4.85. The quantitative estimate of drug-likeness (QED) is 0.413. The predicted octanol–water partition coefficient (Wildman–Crippen LogP) is 0.454. The van der Waals surface area contributed by atoms with E-state index in [1.165, 1.54) is 25.3 Å². The molecule has 1 aromatic rings. The summed E-state index contributed by atoms with van der Waals surface area (Å²) in [7, 11) is -3.24. The first kappa shape index (κ1) is 13.5. The van der Waals surface area contributed by atoms with Crippen LogP contribution in [-0.4, -0.2) is 34.8 Å². The predicted molar refractivity (Wildman–Crippen MR) is 50.5 cm³/mol. The van der Waals surface area contributed by atoms with E-state index in [1.807, 2.05) is 0 Å². The van der Waals surface area contributed by atoms with E-state index in [2.05, 4.69) is 0 Å². The first-order valence-corrected chi connectivity index (χ1v) is 4.89. The van der Waals surface area contributed by atoms with Gasteiger partial charge in [-0.25, -0.2) is 0 Å². The second kappa shape index (κ2) is 5.39. The number of hydrogen-bond acceptors (Lipinski definition) is 5. The highest BCUT2D eigenvalue weighted by Gasteiger charge is 1.99. The Morgan fingerprint density at radius 1 is 1.20 bits per heavy atom. The van der Waals surface area contributed by atoms with Gasteiger partial charge in [-0.2, -0.15) is 8.42 Å². The first-order valence-electron chi connectivity index (χ1n) is 3.50. The third-order valence-corrected chi connectivity index (χ3v) is 1.16. The number of ether oxygens (including phenoxy) is 1. The molecule has 1 aromatic carbocycles. The normalized spacial score (nSPS) is 10.1. The number of hydrogen-bond donors (Lipinski definition) is 4. The highest BCUT2D eigenvalue weighted by molar-refractivity contribution is 7.79. The first-order chi connectivity index (χ1) is 6.74. The summed E-state index contributed by atoms with van der Waals surface area (Å²) >= 11 is 0. The number of aromatic hydroxyl groups is 2. The molecule has 0 spiro atoms. The van der Waals surface area contributed by atoms with Gasteiger partial charge in [0.25, 0.3) is 0 Å². The van der Waals surface area contributed by atoms with E-state index in [1.54, 1.807) is 0 Å². The summed E-state index contributed by atoms with van der Waals surface area (Å²) in [5.74, 6) is 0.384. The van der Waals surface area contributed by atoms with Crippen LogP contribution in [0.1, 0.15) is 0 Å². The van der Waals surface area contributed by atoms with Crippen molar-refractivity contribution in [3.8, 4) is 17.2 Å². The Morgan fingerprint density at radius 3 is 2.00 bits per heavy atom. The lowest BCUT2D eigenvalue weighted by molar-refractivity contribution is 0.368. The van der Waals surface area contributed by atoms with Crippen LogP contribution in [0.4, 0.5) is 0 Å². The fourth-order valence-electron chi connectivity index (χ4n) is 0.666. The van der Waals surface area contributed by atoms with Crippen LogP contribution in [0, 0.1) is 0 Å². The Labute approximate surface area is 86.1 Å². The Balaban J connectivity index is 0.000000336. The molecule has 0 saturated carbocycles. The van der Waals surface area contributed by atoms with Crippen LogP contribution < -0.4 is 4.74 Å². The average Bonchev–Trinajstić information content (AvgIpc) is 2.06. The van der Waals surface area contributed by atoms with Gasteiger partial charge in [0.2, 0.25) is 0 Å². The van der Waals surface area contributed by atoms with E-state index in [0.29, 0.717) is 0 Å². The minimum Gasteiger partial charge on any atom is -0.508 e. The summed E-state index contributed by atoms with van der Waals surface area (Å²) in [6.45, 7) is 0. The monoisotopic (exact) mass is 238 g/mol. The zero-order valence-electron chi connectivity index (χ0n) is 7.65. The molecule has 0 radical (unpaired) electrons. The molecule has 86 valence electrons. The van der Waals surface area contributed by atoms with Gasteiger partial charge in [0.15, 0.2) is 11.5 Å². The maximum absolute atomic E-state index is 9.00. The van der Waals surface area contributed by atoms with Crippen LogP contribution in [0.2, 0.25) is 0 Å². The van der Waals surface area contributed by atoms with Gasteiger partial charge >= 0.3 is 10.4 Å². The Morgan fingerprint density at radius 2 is 1.67 bits per heavy atom. The minimum atomic E-state index is -4.67. The fourth-order valence-corrected chi connectivity index (χ4v) is 0.666. The lowest BCUT2D eigenvalue weighted by Gasteiger charge is -2.01. The van der Waals surface area contributed by atoms with Crippen molar-refractivity contribution in [3.05, 3.63) is 18.2 Å². The zero-order chi connectivity index (χ0) is 12.1. The molecule has 15 heavy (non-hydrogen) atoms. The highest BCUT2D eigenvalue weighted by Crippen LogP contribution is 2.28. The van der Waals surface area contributed by atoms with E-state index >= 15 is 0 Å². The molecule has 4 N–H and O–H groups in total. The smallest absolute Gasteiger partial charge is 0.394 e.